The number of pyridine rings is 1. The van der Waals surface area contributed by atoms with E-state index in [-0.39, 0.29) is 17.5 Å². The highest BCUT2D eigenvalue weighted by Gasteiger charge is 2.25. The van der Waals surface area contributed by atoms with Crippen LogP contribution in [0.4, 0.5) is 5.69 Å². The van der Waals surface area contributed by atoms with Gasteiger partial charge in [0.05, 0.1) is 5.69 Å². The Morgan fingerprint density at radius 1 is 1.29 bits per heavy atom. The second-order valence-corrected chi connectivity index (χ2v) is 5.19. The van der Waals surface area contributed by atoms with Gasteiger partial charge in [0.1, 0.15) is 6.04 Å². The summed E-state index contributed by atoms with van der Waals surface area (Å²) in [6.07, 6.45) is 2.55. The number of carbonyl (C=O) groups excluding carboxylic acids is 1. The number of nitrogens with one attached hydrogen (secondary N) is 2. The summed E-state index contributed by atoms with van der Waals surface area (Å²) < 4.78 is 1.44. The molecule has 1 aromatic carbocycles. The number of rotatable bonds is 2. The maximum Gasteiger partial charge on any atom is 0.250 e. The molecule has 1 amide bonds. The summed E-state index contributed by atoms with van der Waals surface area (Å²) >= 11 is 0. The van der Waals surface area contributed by atoms with Crippen LogP contribution in [0.2, 0.25) is 0 Å². The number of carbonyl (C=O) groups is 1. The molecule has 0 fully saturated rings. The fourth-order valence-corrected chi connectivity index (χ4v) is 2.62. The number of fused-ring (bicyclic) bond motifs is 1. The Morgan fingerprint density at radius 2 is 2.10 bits per heavy atom. The first kappa shape index (κ1) is 13.6. The highest BCUT2D eigenvalue weighted by molar-refractivity contribution is 5.95. The summed E-state index contributed by atoms with van der Waals surface area (Å²) in [5.41, 5.74) is 2.74. The SMILES string of the molecule is Cn1cc(NC(=O)C2NCCc3ccccc32)ccc1=O. The second kappa shape index (κ2) is 5.54. The molecule has 108 valence electrons. The van der Waals surface area contributed by atoms with Gasteiger partial charge in [0.15, 0.2) is 0 Å². The van der Waals surface area contributed by atoms with E-state index in [1.54, 1.807) is 19.3 Å². The smallest absolute Gasteiger partial charge is 0.250 e. The first-order chi connectivity index (χ1) is 10.1. The Morgan fingerprint density at radius 3 is 2.90 bits per heavy atom. The lowest BCUT2D eigenvalue weighted by atomic mass is 9.94. The average molecular weight is 283 g/mol. The molecule has 0 saturated carbocycles. The molecule has 2 N–H and O–H groups in total. The van der Waals surface area contributed by atoms with E-state index in [1.165, 1.54) is 16.2 Å². The van der Waals surface area contributed by atoms with Crippen molar-refractivity contribution < 1.29 is 4.79 Å². The minimum atomic E-state index is -0.354. The predicted molar refractivity (Wildman–Crippen MR) is 81.2 cm³/mol. The van der Waals surface area contributed by atoms with Gasteiger partial charge in [-0.05, 0) is 23.6 Å². The van der Waals surface area contributed by atoms with E-state index in [2.05, 4.69) is 16.7 Å². The topological polar surface area (TPSA) is 63.1 Å². The molecule has 5 heteroatoms. The van der Waals surface area contributed by atoms with Gasteiger partial charge in [0.2, 0.25) is 11.5 Å². The zero-order valence-electron chi connectivity index (χ0n) is 11.8. The van der Waals surface area contributed by atoms with Crippen LogP contribution in [0.15, 0.2) is 47.4 Å². The van der Waals surface area contributed by atoms with E-state index in [4.69, 9.17) is 0 Å². The summed E-state index contributed by atoms with van der Waals surface area (Å²) in [6.45, 7) is 0.780. The number of benzene rings is 1. The number of aromatic nitrogens is 1. The van der Waals surface area contributed by atoms with Gasteiger partial charge < -0.3 is 15.2 Å². The van der Waals surface area contributed by atoms with Crippen LogP contribution in [0.1, 0.15) is 17.2 Å². The van der Waals surface area contributed by atoms with E-state index in [1.807, 2.05) is 18.2 Å². The Bertz CT molecular complexity index is 736. The zero-order valence-corrected chi connectivity index (χ0v) is 11.8. The van der Waals surface area contributed by atoms with Crippen molar-refractivity contribution in [1.29, 1.82) is 0 Å². The Hall–Kier alpha value is -2.40. The summed E-state index contributed by atoms with van der Waals surface area (Å²) in [5, 5.41) is 6.10. The van der Waals surface area contributed by atoms with Crippen LogP contribution in [-0.4, -0.2) is 17.0 Å². The lowest BCUT2D eigenvalue weighted by molar-refractivity contribution is -0.118. The van der Waals surface area contributed by atoms with E-state index in [0.717, 1.165) is 18.5 Å². The van der Waals surface area contributed by atoms with Crippen molar-refractivity contribution in [2.24, 2.45) is 7.05 Å². The number of nitrogens with zero attached hydrogens (tertiary/aromatic N) is 1. The van der Waals surface area contributed by atoms with Gasteiger partial charge in [-0.2, -0.15) is 0 Å². The van der Waals surface area contributed by atoms with Crippen LogP contribution in [0.5, 0.6) is 0 Å². The van der Waals surface area contributed by atoms with Gasteiger partial charge in [-0.3, -0.25) is 9.59 Å². The minimum absolute atomic E-state index is 0.103. The molecule has 2 heterocycles. The molecule has 0 spiro atoms. The van der Waals surface area contributed by atoms with Gasteiger partial charge in [-0.25, -0.2) is 0 Å². The molecule has 0 aliphatic carbocycles. The first-order valence-electron chi connectivity index (χ1n) is 6.94. The lowest BCUT2D eigenvalue weighted by Gasteiger charge is -2.26. The van der Waals surface area contributed by atoms with Crippen LogP contribution in [0.3, 0.4) is 0 Å². The molecule has 1 aromatic heterocycles. The molecule has 1 unspecified atom stereocenters. The van der Waals surface area contributed by atoms with Crippen LogP contribution in [-0.2, 0) is 18.3 Å². The minimum Gasteiger partial charge on any atom is -0.323 e. The van der Waals surface area contributed by atoms with Crippen molar-refractivity contribution in [3.05, 3.63) is 64.1 Å². The van der Waals surface area contributed by atoms with Gasteiger partial charge in [-0.1, -0.05) is 24.3 Å². The number of anilines is 1. The van der Waals surface area contributed by atoms with Gasteiger partial charge >= 0.3 is 0 Å². The number of hydrogen-bond donors (Lipinski definition) is 2. The van der Waals surface area contributed by atoms with Gasteiger partial charge in [0.25, 0.3) is 0 Å². The normalized spacial score (nSPS) is 17.1. The maximum absolute atomic E-state index is 12.5. The van der Waals surface area contributed by atoms with Crippen LogP contribution < -0.4 is 16.2 Å². The highest BCUT2D eigenvalue weighted by atomic mass is 16.2. The van der Waals surface area contributed by atoms with Crippen molar-refractivity contribution in [2.75, 3.05) is 11.9 Å². The van der Waals surface area contributed by atoms with E-state index in [0.29, 0.717) is 5.69 Å². The third kappa shape index (κ3) is 2.73. The molecular weight excluding hydrogens is 266 g/mol. The lowest BCUT2D eigenvalue weighted by Crippen LogP contribution is -2.38. The fourth-order valence-electron chi connectivity index (χ4n) is 2.62. The maximum atomic E-state index is 12.5. The molecular formula is C16H17N3O2. The molecule has 1 atom stereocenters. The quantitative estimate of drug-likeness (QED) is 0.871. The number of amides is 1. The predicted octanol–water partition coefficient (Wildman–Crippen LogP) is 1.21. The van der Waals surface area contributed by atoms with Crippen molar-refractivity contribution in [3.63, 3.8) is 0 Å². The molecule has 1 aliphatic heterocycles. The van der Waals surface area contributed by atoms with E-state index in [9.17, 15) is 9.59 Å². The van der Waals surface area contributed by atoms with Crippen molar-refractivity contribution in [3.8, 4) is 0 Å². The molecule has 0 bridgehead atoms. The van der Waals surface area contributed by atoms with Crippen molar-refractivity contribution in [2.45, 2.75) is 12.5 Å². The van der Waals surface area contributed by atoms with Crippen LogP contribution in [0, 0.1) is 0 Å². The number of hydrogen-bond acceptors (Lipinski definition) is 3. The molecule has 21 heavy (non-hydrogen) atoms. The van der Waals surface area contributed by atoms with E-state index >= 15 is 0 Å². The van der Waals surface area contributed by atoms with Crippen LogP contribution in [0.25, 0.3) is 0 Å². The summed E-state index contributed by atoms with van der Waals surface area (Å²) in [4.78, 5) is 23.8. The first-order valence-corrected chi connectivity index (χ1v) is 6.94. The standard InChI is InChI=1S/C16H17N3O2/c1-19-10-12(6-7-14(19)20)18-16(21)15-13-5-3-2-4-11(13)8-9-17-15/h2-7,10,15,17H,8-9H2,1H3,(H,18,21). The van der Waals surface area contributed by atoms with Gasteiger partial charge in [0, 0.05) is 25.9 Å². The highest BCUT2D eigenvalue weighted by Crippen LogP contribution is 2.23. The van der Waals surface area contributed by atoms with Crippen molar-refractivity contribution >= 4 is 11.6 Å². The molecule has 0 radical (unpaired) electrons. The monoisotopic (exact) mass is 283 g/mol. The van der Waals surface area contributed by atoms with Crippen LogP contribution >= 0.6 is 0 Å². The third-order valence-corrected chi connectivity index (χ3v) is 3.72. The van der Waals surface area contributed by atoms with E-state index < -0.39 is 0 Å². The molecule has 0 saturated heterocycles. The summed E-state index contributed by atoms with van der Waals surface area (Å²) in [7, 11) is 1.66. The summed E-state index contributed by atoms with van der Waals surface area (Å²) in [6, 6.07) is 10.7. The Labute approximate surface area is 122 Å². The largest absolute Gasteiger partial charge is 0.323 e. The molecule has 3 rings (SSSR count). The Balaban J connectivity index is 1.83. The Kier molecular flexibility index (Phi) is 3.58. The summed E-state index contributed by atoms with van der Waals surface area (Å²) in [5.74, 6) is -0.110. The van der Waals surface area contributed by atoms with Crippen molar-refractivity contribution in [1.82, 2.24) is 9.88 Å². The second-order valence-electron chi connectivity index (χ2n) is 5.19. The molecule has 5 nitrogen and oxygen atoms in total. The zero-order chi connectivity index (χ0) is 14.8. The fraction of sp³-hybridized carbons (Fsp3) is 0.250. The van der Waals surface area contributed by atoms with Gasteiger partial charge in [-0.15, -0.1) is 0 Å². The third-order valence-electron chi connectivity index (χ3n) is 3.72. The molecule has 2 aromatic rings. The molecule has 1 aliphatic rings. The number of aryl methyl sites for hydroxylation is 1. The average Bonchev–Trinajstić information content (AvgIpc) is 2.50.